The van der Waals surface area contributed by atoms with Crippen LogP contribution < -0.4 is 20.6 Å². The van der Waals surface area contributed by atoms with Gasteiger partial charge in [-0.1, -0.05) is 36.4 Å². The van der Waals surface area contributed by atoms with Crippen LogP contribution >= 0.6 is 0 Å². The van der Waals surface area contributed by atoms with Gasteiger partial charge in [0.25, 0.3) is 11.1 Å². The molecule has 0 atom stereocenters. The van der Waals surface area contributed by atoms with Crippen molar-refractivity contribution in [3.8, 4) is 22.9 Å². The third-order valence-corrected chi connectivity index (χ3v) is 8.49. The number of rotatable bonds is 14. The van der Waals surface area contributed by atoms with Crippen LogP contribution in [0, 0.1) is 13.8 Å². The predicted molar refractivity (Wildman–Crippen MR) is 201 cm³/mol. The lowest BCUT2D eigenvalue weighted by atomic mass is 10.2. The molecule has 260 valence electrons. The molecule has 0 aliphatic rings. The number of aliphatic imine (C=N–C) groups is 2. The van der Waals surface area contributed by atoms with Crippen LogP contribution in [0.15, 0.2) is 129 Å². The molecule has 0 saturated heterocycles. The highest BCUT2D eigenvalue weighted by Gasteiger charge is 2.16. The van der Waals surface area contributed by atoms with Crippen molar-refractivity contribution >= 4 is 23.8 Å². The molecular weight excluding hydrogens is 644 g/mol. The van der Waals surface area contributed by atoms with Gasteiger partial charge in [0.2, 0.25) is 0 Å². The maximum atomic E-state index is 13.1. The fourth-order valence-electron chi connectivity index (χ4n) is 5.52. The molecule has 11 nitrogen and oxygen atoms in total. The summed E-state index contributed by atoms with van der Waals surface area (Å²) >= 11 is 0. The van der Waals surface area contributed by atoms with Crippen molar-refractivity contribution in [2.75, 3.05) is 26.4 Å². The van der Waals surface area contributed by atoms with E-state index in [0.717, 1.165) is 33.9 Å². The predicted octanol–water partition coefficient (Wildman–Crippen LogP) is 6.26. The van der Waals surface area contributed by atoms with Gasteiger partial charge in [0.05, 0.1) is 36.0 Å². The Morgan fingerprint density at radius 2 is 0.902 bits per heavy atom. The molecule has 4 aromatic carbocycles. The SMILES string of the molecule is Cc1c(N=Cc2ccc(OCCOCCOc3ccc(C=Nc4c(C)n(C)n(-c5ccccc5)c4=O)cc3)cc2)c(=O)n(-c2ccccc2)n1C. The summed E-state index contributed by atoms with van der Waals surface area (Å²) in [6, 6.07) is 34.0. The first-order chi connectivity index (χ1) is 24.8. The van der Waals surface area contributed by atoms with Crippen LogP contribution in [-0.2, 0) is 18.8 Å². The summed E-state index contributed by atoms with van der Waals surface area (Å²) in [5.74, 6) is 1.42. The van der Waals surface area contributed by atoms with E-state index in [0.29, 0.717) is 49.3 Å². The van der Waals surface area contributed by atoms with Gasteiger partial charge in [0.15, 0.2) is 11.4 Å². The van der Waals surface area contributed by atoms with Crippen molar-refractivity contribution < 1.29 is 14.2 Å². The number of benzene rings is 4. The van der Waals surface area contributed by atoms with Crippen molar-refractivity contribution in [2.24, 2.45) is 24.1 Å². The summed E-state index contributed by atoms with van der Waals surface area (Å²) in [6.45, 7) is 5.37. The molecule has 0 N–H and O–H groups in total. The van der Waals surface area contributed by atoms with Gasteiger partial charge in [0.1, 0.15) is 24.7 Å². The number of hydrogen-bond acceptors (Lipinski definition) is 7. The third kappa shape index (κ3) is 8.00. The van der Waals surface area contributed by atoms with Crippen LogP contribution in [-0.4, -0.2) is 57.6 Å². The topological polar surface area (TPSA) is 106 Å². The molecule has 2 aromatic heterocycles. The first kappa shape index (κ1) is 34.7. The quantitative estimate of drug-likeness (QED) is 0.0996. The molecule has 6 rings (SSSR count). The zero-order chi connectivity index (χ0) is 35.7. The summed E-state index contributed by atoms with van der Waals surface area (Å²) in [7, 11) is 3.70. The van der Waals surface area contributed by atoms with Crippen molar-refractivity contribution in [1.82, 2.24) is 18.7 Å². The summed E-state index contributed by atoms with van der Waals surface area (Å²) in [5.41, 5.74) is 5.31. The van der Waals surface area contributed by atoms with Crippen LogP contribution in [0.3, 0.4) is 0 Å². The van der Waals surface area contributed by atoms with Crippen molar-refractivity contribution in [3.05, 3.63) is 152 Å². The Labute approximate surface area is 295 Å². The standard InChI is InChI=1S/C40H40N6O5/c1-29-37(39(47)45(43(29)3)33-11-7-5-8-12-33)41-27-31-15-19-35(20-16-31)50-25-23-49-24-26-51-36-21-17-32(18-22-36)28-42-38-30(2)44(4)46(40(38)48)34-13-9-6-10-14-34/h5-22,27-28H,23-26H2,1-4H3. The summed E-state index contributed by atoms with van der Waals surface area (Å²) in [5, 5.41) is 0. The number of ether oxygens (including phenoxy) is 3. The zero-order valence-electron chi connectivity index (χ0n) is 29.1. The molecule has 2 heterocycles. The highest BCUT2D eigenvalue weighted by molar-refractivity contribution is 5.83. The lowest BCUT2D eigenvalue weighted by Gasteiger charge is -2.09. The Kier molecular flexibility index (Phi) is 10.9. The van der Waals surface area contributed by atoms with E-state index < -0.39 is 0 Å². The average molecular weight is 685 g/mol. The number of aromatic nitrogens is 4. The van der Waals surface area contributed by atoms with E-state index in [1.807, 2.05) is 147 Å². The van der Waals surface area contributed by atoms with Gasteiger partial charge in [0, 0.05) is 26.5 Å². The monoisotopic (exact) mass is 684 g/mol. The van der Waals surface area contributed by atoms with E-state index >= 15 is 0 Å². The Balaban J connectivity index is 0.916. The maximum absolute atomic E-state index is 13.1. The minimum atomic E-state index is -0.168. The van der Waals surface area contributed by atoms with Crippen molar-refractivity contribution in [2.45, 2.75) is 13.8 Å². The fourth-order valence-corrected chi connectivity index (χ4v) is 5.52. The second-order valence-electron chi connectivity index (χ2n) is 11.8. The van der Waals surface area contributed by atoms with E-state index in [1.165, 1.54) is 0 Å². The first-order valence-corrected chi connectivity index (χ1v) is 16.6. The molecule has 0 spiro atoms. The van der Waals surface area contributed by atoms with Crippen molar-refractivity contribution in [3.63, 3.8) is 0 Å². The summed E-state index contributed by atoms with van der Waals surface area (Å²) in [4.78, 5) is 35.2. The second kappa shape index (κ2) is 16.0. The summed E-state index contributed by atoms with van der Waals surface area (Å²) in [6.07, 6.45) is 3.37. The van der Waals surface area contributed by atoms with E-state index in [2.05, 4.69) is 9.98 Å². The second-order valence-corrected chi connectivity index (χ2v) is 11.8. The lowest BCUT2D eigenvalue weighted by Crippen LogP contribution is -2.19. The molecule has 0 unspecified atom stereocenters. The molecule has 0 radical (unpaired) electrons. The van der Waals surface area contributed by atoms with Crippen LogP contribution in [0.4, 0.5) is 11.4 Å². The fraction of sp³-hybridized carbons (Fsp3) is 0.200. The maximum Gasteiger partial charge on any atom is 0.297 e. The van der Waals surface area contributed by atoms with Gasteiger partial charge in [-0.3, -0.25) is 19.0 Å². The van der Waals surface area contributed by atoms with Crippen molar-refractivity contribution in [1.29, 1.82) is 0 Å². The largest absolute Gasteiger partial charge is 0.491 e. The first-order valence-electron chi connectivity index (χ1n) is 16.6. The summed E-state index contributed by atoms with van der Waals surface area (Å²) < 4.78 is 24.1. The Bertz CT molecular complexity index is 2080. The minimum absolute atomic E-state index is 0.168. The molecule has 0 bridgehead atoms. The molecule has 0 aliphatic carbocycles. The molecule has 0 fully saturated rings. The van der Waals surface area contributed by atoms with Gasteiger partial charge < -0.3 is 14.2 Å². The molecule has 0 aliphatic heterocycles. The lowest BCUT2D eigenvalue weighted by molar-refractivity contribution is 0.0764. The molecule has 0 saturated carbocycles. The highest BCUT2D eigenvalue weighted by Crippen LogP contribution is 2.19. The zero-order valence-corrected chi connectivity index (χ0v) is 29.1. The van der Waals surface area contributed by atoms with E-state index in [-0.39, 0.29) is 11.1 Å². The number of hydrogen-bond donors (Lipinski definition) is 0. The van der Waals surface area contributed by atoms with Gasteiger partial charge in [-0.25, -0.2) is 19.3 Å². The Hall–Kier alpha value is -6.20. The molecule has 6 aromatic rings. The van der Waals surface area contributed by atoms with Gasteiger partial charge in [-0.05, 0) is 97.8 Å². The third-order valence-electron chi connectivity index (χ3n) is 8.49. The van der Waals surface area contributed by atoms with Crippen LogP contribution in [0.5, 0.6) is 11.5 Å². The van der Waals surface area contributed by atoms with E-state index in [9.17, 15) is 9.59 Å². The molecule has 51 heavy (non-hydrogen) atoms. The van der Waals surface area contributed by atoms with E-state index in [1.54, 1.807) is 21.8 Å². The normalized spacial score (nSPS) is 11.5. The highest BCUT2D eigenvalue weighted by atomic mass is 16.5. The van der Waals surface area contributed by atoms with Gasteiger partial charge in [-0.2, -0.15) is 0 Å². The molecule has 0 amide bonds. The van der Waals surface area contributed by atoms with Gasteiger partial charge >= 0.3 is 0 Å². The number of para-hydroxylation sites is 2. The number of nitrogens with zero attached hydrogens (tertiary/aromatic N) is 6. The van der Waals surface area contributed by atoms with Crippen LogP contribution in [0.2, 0.25) is 0 Å². The molecular formula is C40H40N6O5. The van der Waals surface area contributed by atoms with Crippen LogP contribution in [0.1, 0.15) is 22.5 Å². The van der Waals surface area contributed by atoms with E-state index in [4.69, 9.17) is 14.2 Å². The minimum Gasteiger partial charge on any atom is -0.491 e. The average Bonchev–Trinajstić information content (AvgIpc) is 3.51. The smallest absolute Gasteiger partial charge is 0.297 e. The van der Waals surface area contributed by atoms with Gasteiger partial charge in [-0.15, -0.1) is 0 Å². The Morgan fingerprint density at radius 3 is 1.27 bits per heavy atom. The Morgan fingerprint density at radius 1 is 0.529 bits per heavy atom. The van der Waals surface area contributed by atoms with Crippen LogP contribution in [0.25, 0.3) is 11.4 Å². The molecule has 11 heteroatoms.